The van der Waals surface area contributed by atoms with E-state index in [9.17, 15) is 19.2 Å². The van der Waals surface area contributed by atoms with Gasteiger partial charge >= 0.3 is 23.9 Å². The Labute approximate surface area is 427 Å². The van der Waals surface area contributed by atoms with Crippen LogP contribution in [0.3, 0.4) is 0 Å². The average Bonchev–Trinajstić information content (AvgIpc) is 3.40. The summed E-state index contributed by atoms with van der Waals surface area (Å²) in [7, 11) is 5.97. The fourth-order valence-corrected chi connectivity index (χ4v) is 5.29. The van der Waals surface area contributed by atoms with Crippen LogP contribution in [0.15, 0.2) is 72.8 Å². The molecule has 0 aliphatic heterocycles. The molecule has 0 aliphatic carbocycles. The number of aromatic carboxylic acids is 4. The molecule has 0 saturated carbocycles. The summed E-state index contributed by atoms with van der Waals surface area (Å²) < 4.78 is 42.3. The highest BCUT2D eigenvalue weighted by Gasteiger charge is 2.26. The number of rotatable bonds is 28. The maximum absolute atomic E-state index is 10.7. The van der Waals surface area contributed by atoms with Gasteiger partial charge in [-0.05, 0) is 98.5 Å². The Hall–Kier alpha value is -7.00. The molecule has 4 aromatic carbocycles. The highest BCUT2D eigenvalue weighted by Crippen LogP contribution is 2.31. The van der Waals surface area contributed by atoms with E-state index in [1.807, 2.05) is 0 Å². The molecule has 408 valence electrons. The molecule has 20 heteroatoms. The van der Waals surface area contributed by atoms with Gasteiger partial charge in [0.05, 0.1) is 109 Å². The van der Waals surface area contributed by atoms with E-state index in [0.29, 0.717) is 72.4 Å². The molecule has 0 amide bonds. The zero-order valence-corrected chi connectivity index (χ0v) is 43.2. The molecular weight excluding hydrogens is 957 g/mol. The Bertz CT molecular complexity index is 1890. The minimum absolute atomic E-state index is 0.194. The first-order chi connectivity index (χ1) is 35.0. The number of carboxylic acid groups (broad SMARTS) is 4. The third kappa shape index (κ3) is 25.3. The predicted octanol–water partition coefficient (Wildman–Crippen LogP) is 8.23. The molecule has 20 nitrogen and oxygen atoms in total. The summed E-state index contributed by atoms with van der Waals surface area (Å²) in [5, 5.41) is 69.2. The first-order valence-electron chi connectivity index (χ1n) is 23.6. The van der Waals surface area contributed by atoms with Gasteiger partial charge in [-0.3, -0.25) is 0 Å². The lowest BCUT2D eigenvalue weighted by molar-refractivity contribution is -0.0328. The quantitative estimate of drug-likeness (QED) is 0.0248. The third-order valence-corrected chi connectivity index (χ3v) is 10.0. The molecule has 0 saturated heterocycles. The number of hydrogen-bond donors (Lipinski definition) is 8. The first-order valence-corrected chi connectivity index (χ1v) is 23.6. The van der Waals surface area contributed by atoms with E-state index >= 15 is 0 Å². The Morgan fingerprint density at radius 3 is 0.671 bits per heavy atom. The molecule has 0 fully saturated rings. The number of ether oxygens (including phenoxy) is 8. The molecule has 0 aliphatic rings. The topological polar surface area (TPSA) is 304 Å². The van der Waals surface area contributed by atoms with E-state index in [2.05, 4.69) is 27.7 Å². The molecule has 4 aromatic rings. The van der Waals surface area contributed by atoms with Crippen molar-refractivity contribution in [3.8, 4) is 46.0 Å². The van der Waals surface area contributed by atoms with E-state index < -0.39 is 55.7 Å². The molecule has 0 radical (unpaired) electrons. The van der Waals surface area contributed by atoms with E-state index in [1.165, 1.54) is 77.0 Å². The molecule has 0 atom stereocenters. The third-order valence-electron chi connectivity index (χ3n) is 10.0. The summed E-state index contributed by atoms with van der Waals surface area (Å²) in [6.45, 7) is 9.13. The van der Waals surface area contributed by atoms with Crippen molar-refractivity contribution in [2.24, 2.45) is 5.41 Å². The van der Waals surface area contributed by atoms with Gasteiger partial charge in [0.25, 0.3) is 0 Å². The number of hydrogen-bond acceptors (Lipinski definition) is 16. The fraction of sp³-hybridized carbons (Fsp3) is 0.472. The molecule has 8 N–H and O–H groups in total. The lowest BCUT2D eigenvalue weighted by atomic mass is 9.93. The normalized spacial score (nSPS) is 10.1. The highest BCUT2D eigenvalue weighted by atomic mass is 16.5. The van der Waals surface area contributed by atoms with Crippen LogP contribution in [0.4, 0.5) is 0 Å². The first kappa shape index (κ1) is 66.0. The number of aliphatic hydroxyl groups excluding tert-OH is 4. The van der Waals surface area contributed by atoms with Crippen molar-refractivity contribution in [1.29, 1.82) is 0 Å². The molecule has 0 bridgehead atoms. The van der Waals surface area contributed by atoms with Gasteiger partial charge in [-0.1, -0.05) is 53.4 Å². The monoisotopic (exact) mass is 1030 g/mol. The van der Waals surface area contributed by atoms with Gasteiger partial charge in [0.15, 0.2) is 46.0 Å². The number of carbonyl (C=O) groups is 4. The molecule has 0 aromatic heterocycles. The minimum Gasteiger partial charge on any atom is -0.493 e. The van der Waals surface area contributed by atoms with Gasteiger partial charge in [0.1, 0.15) is 0 Å². The van der Waals surface area contributed by atoms with Gasteiger partial charge < -0.3 is 78.7 Å². The predicted molar refractivity (Wildman–Crippen MR) is 272 cm³/mol. The van der Waals surface area contributed by atoms with Crippen molar-refractivity contribution in [2.45, 2.75) is 79.1 Å². The molecule has 0 unspecified atom stereocenters. The molecule has 0 spiro atoms. The van der Waals surface area contributed by atoms with Crippen LogP contribution < -0.4 is 37.9 Å². The molecule has 0 heterocycles. The maximum Gasteiger partial charge on any atom is 0.335 e. The summed E-state index contributed by atoms with van der Waals surface area (Å²) in [6.07, 6.45) is 8.05. The van der Waals surface area contributed by atoms with Crippen LogP contribution >= 0.6 is 0 Å². The highest BCUT2D eigenvalue weighted by molar-refractivity contribution is 5.90. The smallest absolute Gasteiger partial charge is 0.335 e. The number of benzene rings is 4. The minimum atomic E-state index is -1.11. The average molecular weight is 1030 g/mol. The van der Waals surface area contributed by atoms with Crippen LogP contribution in [-0.4, -0.2) is 146 Å². The number of carboxylic acids is 4. The second-order valence-electron chi connectivity index (χ2n) is 15.6. The molecule has 73 heavy (non-hydrogen) atoms. The SMILES string of the molecule is CCCCOc1ccc(C(=O)O)cc1OC.CCCCOc1ccc(C(=O)O)cc1OC.CCCCOc1ccc(C(=O)O)cc1OC.CCCCOc1ccc(C(=O)O)cc1OC.OCC(CO)(CO)CO. The lowest BCUT2D eigenvalue weighted by Gasteiger charge is -2.23. The van der Waals surface area contributed by atoms with E-state index in [0.717, 1.165) is 51.4 Å². The Morgan fingerprint density at radius 2 is 0.548 bits per heavy atom. The van der Waals surface area contributed by atoms with Crippen LogP contribution in [0.5, 0.6) is 46.0 Å². The van der Waals surface area contributed by atoms with Gasteiger partial charge in [0, 0.05) is 0 Å². The Balaban J connectivity index is 0.000000898. The second kappa shape index (κ2) is 38.6. The van der Waals surface area contributed by atoms with Crippen LogP contribution in [0.2, 0.25) is 0 Å². The summed E-state index contributed by atoms with van der Waals surface area (Å²) in [5.41, 5.74) is -0.334. The van der Waals surface area contributed by atoms with E-state index in [1.54, 1.807) is 24.3 Å². The number of unbranched alkanes of at least 4 members (excludes halogenated alkanes) is 4. The van der Waals surface area contributed by atoms with Crippen molar-refractivity contribution in [1.82, 2.24) is 0 Å². The van der Waals surface area contributed by atoms with Crippen molar-refractivity contribution < 1.29 is 97.9 Å². The maximum atomic E-state index is 10.7. The van der Waals surface area contributed by atoms with Crippen LogP contribution in [-0.2, 0) is 0 Å². The van der Waals surface area contributed by atoms with Gasteiger partial charge in [0.2, 0.25) is 0 Å². The van der Waals surface area contributed by atoms with Crippen LogP contribution in [0, 0.1) is 5.41 Å². The number of methoxy groups -OCH3 is 4. The van der Waals surface area contributed by atoms with Gasteiger partial charge in [-0.15, -0.1) is 0 Å². The summed E-state index contributed by atoms with van der Waals surface area (Å²) in [6, 6.07) is 18.4. The molecular formula is C53H76O20. The van der Waals surface area contributed by atoms with Crippen molar-refractivity contribution in [3.05, 3.63) is 95.1 Å². The van der Waals surface area contributed by atoms with Crippen molar-refractivity contribution in [3.63, 3.8) is 0 Å². The second-order valence-corrected chi connectivity index (χ2v) is 15.6. The van der Waals surface area contributed by atoms with Crippen molar-refractivity contribution >= 4 is 23.9 Å². The van der Waals surface area contributed by atoms with Gasteiger partial charge in [-0.2, -0.15) is 0 Å². The van der Waals surface area contributed by atoms with Crippen LogP contribution in [0.1, 0.15) is 120 Å². The standard InChI is InChI=1S/4C12H16O4.C5H12O4/c4*1-3-4-7-16-10-6-5-9(12(13)14)8-11(10)15-2;6-1-5(2-7,3-8)4-9/h4*5-6,8H,3-4,7H2,1-2H3,(H,13,14);6-9H,1-4H2. The lowest BCUT2D eigenvalue weighted by Crippen LogP contribution is -2.37. The molecule has 4 rings (SSSR count). The largest absolute Gasteiger partial charge is 0.493 e. The summed E-state index contributed by atoms with van der Waals surface area (Å²) in [4.78, 5) is 43.0. The zero-order valence-electron chi connectivity index (χ0n) is 43.2. The summed E-state index contributed by atoms with van der Waals surface area (Å²) in [5.74, 6) is 0.261. The van der Waals surface area contributed by atoms with Crippen LogP contribution in [0.25, 0.3) is 0 Å². The summed E-state index contributed by atoms with van der Waals surface area (Å²) >= 11 is 0. The zero-order chi connectivity index (χ0) is 55.2. The van der Waals surface area contributed by atoms with Gasteiger partial charge in [-0.25, -0.2) is 19.2 Å². The Kier molecular flexibility index (Phi) is 34.9. The van der Waals surface area contributed by atoms with E-state index in [4.69, 9.17) is 78.7 Å². The van der Waals surface area contributed by atoms with Crippen molar-refractivity contribution in [2.75, 3.05) is 81.3 Å². The Morgan fingerprint density at radius 1 is 0.356 bits per heavy atom. The van der Waals surface area contributed by atoms with E-state index in [-0.39, 0.29) is 22.3 Å². The number of aliphatic hydroxyl groups is 4. The fourth-order valence-electron chi connectivity index (χ4n) is 5.29.